The molecular formula is C17H24F3N3OS. The number of piperazine rings is 1. The van der Waals surface area contributed by atoms with E-state index in [2.05, 4.69) is 17.6 Å². The highest BCUT2D eigenvalue weighted by Crippen LogP contribution is 2.32. The Hall–Kier alpha value is -1.12. The predicted molar refractivity (Wildman–Crippen MR) is 92.1 cm³/mol. The second-order valence-electron chi connectivity index (χ2n) is 6.96. The maximum atomic E-state index is 13.4. The molecule has 1 aromatic rings. The Morgan fingerprint density at radius 3 is 2.84 bits per heavy atom. The highest BCUT2D eigenvalue weighted by Gasteiger charge is 2.43. The second-order valence-corrected chi connectivity index (χ2v) is 8.10. The molecule has 3 rings (SSSR count). The van der Waals surface area contributed by atoms with E-state index in [0.717, 1.165) is 19.3 Å². The van der Waals surface area contributed by atoms with E-state index in [1.54, 1.807) is 0 Å². The molecule has 2 unspecified atom stereocenters. The minimum Gasteiger partial charge on any atom is -0.349 e. The van der Waals surface area contributed by atoms with Crippen molar-refractivity contribution >= 4 is 17.2 Å². The molecule has 1 fully saturated rings. The molecule has 140 valence electrons. The highest BCUT2D eigenvalue weighted by atomic mass is 32.1. The summed E-state index contributed by atoms with van der Waals surface area (Å²) in [4.78, 5) is 15.5. The van der Waals surface area contributed by atoms with Crippen molar-refractivity contribution in [1.82, 2.24) is 15.5 Å². The van der Waals surface area contributed by atoms with Gasteiger partial charge in [-0.05, 0) is 36.8 Å². The third-order valence-electron chi connectivity index (χ3n) is 4.98. The van der Waals surface area contributed by atoms with Crippen molar-refractivity contribution in [3.05, 3.63) is 21.4 Å². The molecule has 1 aromatic heterocycles. The quantitative estimate of drug-likeness (QED) is 0.850. The van der Waals surface area contributed by atoms with Crippen LogP contribution in [-0.2, 0) is 12.8 Å². The fourth-order valence-electron chi connectivity index (χ4n) is 3.54. The van der Waals surface area contributed by atoms with E-state index in [0.29, 0.717) is 37.0 Å². The van der Waals surface area contributed by atoms with Crippen LogP contribution in [0.4, 0.5) is 13.2 Å². The van der Waals surface area contributed by atoms with E-state index >= 15 is 0 Å². The van der Waals surface area contributed by atoms with E-state index < -0.39 is 24.7 Å². The molecular weight excluding hydrogens is 351 g/mol. The molecule has 2 atom stereocenters. The van der Waals surface area contributed by atoms with E-state index in [9.17, 15) is 18.0 Å². The summed E-state index contributed by atoms with van der Waals surface area (Å²) in [5.74, 6) is 0.205. The summed E-state index contributed by atoms with van der Waals surface area (Å²) in [6.07, 6.45) is -1.34. The van der Waals surface area contributed by atoms with Crippen molar-refractivity contribution in [3.63, 3.8) is 0 Å². The maximum Gasteiger partial charge on any atom is 0.405 e. The van der Waals surface area contributed by atoms with Crippen molar-refractivity contribution in [2.24, 2.45) is 5.92 Å². The Morgan fingerprint density at radius 2 is 2.16 bits per heavy atom. The number of fused-ring (bicyclic) bond motifs is 1. The number of halogens is 3. The summed E-state index contributed by atoms with van der Waals surface area (Å²) in [5.41, 5.74) is 1.18. The van der Waals surface area contributed by atoms with Crippen LogP contribution in [0.1, 0.15) is 33.5 Å². The van der Waals surface area contributed by atoms with Crippen LogP contribution in [0.3, 0.4) is 0 Å². The molecule has 2 N–H and O–H groups in total. The second kappa shape index (κ2) is 7.63. The Kier molecular flexibility index (Phi) is 5.70. The molecule has 1 aliphatic heterocycles. The molecule has 0 spiro atoms. The lowest BCUT2D eigenvalue weighted by molar-refractivity contribution is -0.183. The molecule has 4 nitrogen and oxygen atoms in total. The van der Waals surface area contributed by atoms with Crippen LogP contribution >= 0.6 is 11.3 Å². The van der Waals surface area contributed by atoms with Gasteiger partial charge in [0, 0.05) is 37.6 Å². The lowest BCUT2D eigenvalue weighted by atomic mass is 9.90. The van der Waals surface area contributed by atoms with Gasteiger partial charge in [0.25, 0.3) is 5.91 Å². The molecule has 0 radical (unpaired) electrons. The first-order valence-electron chi connectivity index (χ1n) is 8.76. The highest BCUT2D eigenvalue weighted by molar-refractivity contribution is 7.14. The fourth-order valence-corrected chi connectivity index (χ4v) is 4.66. The number of nitrogens with one attached hydrogen (secondary N) is 2. The first-order valence-corrected chi connectivity index (χ1v) is 9.57. The van der Waals surface area contributed by atoms with Crippen LogP contribution in [0.15, 0.2) is 6.07 Å². The number of carbonyl (C=O) groups is 1. The van der Waals surface area contributed by atoms with Crippen molar-refractivity contribution in [1.29, 1.82) is 0 Å². The van der Waals surface area contributed by atoms with Crippen molar-refractivity contribution in [3.8, 4) is 0 Å². The number of rotatable bonds is 4. The molecule has 0 saturated carbocycles. The summed E-state index contributed by atoms with van der Waals surface area (Å²) in [7, 11) is 0. The number of hydrogen-bond donors (Lipinski definition) is 2. The zero-order chi connectivity index (χ0) is 18.0. The smallest absolute Gasteiger partial charge is 0.349 e. The zero-order valence-corrected chi connectivity index (χ0v) is 15.1. The number of thiophene rings is 1. The van der Waals surface area contributed by atoms with Gasteiger partial charge in [0.2, 0.25) is 0 Å². The van der Waals surface area contributed by atoms with Gasteiger partial charge in [0.15, 0.2) is 0 Å². The lowest BCUT2D eigenvalue weighted by Gasteiger charge is -2.35. The van der Waals surface area contributed by atoms with Crippen LogP contribution in [0, 0.1) is 5.92 Å². The minimum atomic E-state index is -4.35. The summed E-state index contributed by atoms with van der Waals surface area (Å²) < 4.78 is 40.1. The van der Waals surface area contributed by atoms with Gasteiger partial charge in [-0.25, -0.2) is 0 Å². The number of alkyl halides is 3. The van der Waals surface area contributed by atoms with E-state index in [1.165, 1.54) is 26.7 Å². The molecule has 25 heavy (non-hydrogen) atoms. The first kappa shape index (κ1) is 18.7. The van der Waals surface area contributed by atoms with Gasteiger partial charge in [-0.2, -0.15) is 13.2 Å². The molecule has 1 aliphatic carbocycles. The van der Waals surface area contributed by atoms with E-state index in [1.807, 2.05) is 6.07 Å². The SMILES string of the molecule is CC1CCc2sc(C(=O)NCC(N3CCNCC3)C(F)(F)F)cc2C1. The van der Waals surface area contributed by atoms with Gasteiger partial charge >= 0.3 is 6.18 Å². The average molecular weight is 375 g/mol. The monoisotopic (exact) mass is 375 g/mol. The van der Waals surface area contributed by atoms with Crippen molar-refractivity contribution in [2.75, 3.05) is 32.7 Å². The van der Waals surface area contributed by atoms with Gasteiger partial charge in [0.1, 0.15) is 6.04 Å². The standard InChI is InChI=1S/C17H24F3N3OS/c1-11-2-3-13-12(8-11)9-14(25-13)16(24)22-10-15(17(18,19)20)23-6-4-21-5-7-23/h9,11,15,21H,2-8,10H2,1H3,(H,22,24). The Balaban J connectivity index is 1.63. The zero-order valence-electron chi connectivity index (χ0n) is 14.3. The summed E-state index contributed by atoms with van der Waals surface area (Å²) >= 11 is 1.42. The topological polar surface area (TPSA) is 44.4 Å². The summed E-state index contributed by atoms with van der Waals surface area (Å²) in [6, 6.07) is 0.228. The molecule has 1 amide bonds. The molecule has 0 aromatic carbocycles. The predicted octanol–water partition coefficient (Wildman–Crippen LogP) is 2.44. The van der Waals surface area contributed by atoms with Crippen LogP contribution < -0.4 is 10.6 Å². The number of nitrogens with zero attached hydrogens (tertiary/aromatic N) is 1. The van der Waals surface area contributed by atoms with Gasteiger partial charge < -0.3 is 10.6 Å². The van der Waals surface area contributed by atoms with Crippen LogP contribution in [0.2, 0.25) is 0 Å². The lowest BCUT2D eigenvalue weighted by Crippen LogP contribution is -2.57. The average Bonchev–Trinajstić information content (AvgIpc) is 2.98. The fraction of sp³-hybridized carbons (Fsp3) is 0.706. The van der Waals surface area contributed by atoms with Gasteiger partial charge in [0.05, 0.1) is 4.88 Å². The molecule has 1 saturated heterocycles. The third-order valence-corrected chi connectivity index (χ3v) is 6.22. The van der Waals surface area contributed by atoms with Crippen LogP contribution in [0.25, 0.3) is 0 Å². The number of carbonyl (C=O) groups excluding carboxylic acids is 1. The van der Waals surface area contributed by atoms with Gasteiger partial charge in [-0.15, -0.1) is 11.3 Å². The molecule has 8 heteroatoms. The van der Waals surface area contributed by atoms with Crippen LogP contribution in [0.5, 0.6) is 0 Å². The Bertz CT molecular complexity index is 611. The number of amides is 1. The Labute approximate surface area is 149 Å². The largest absolute Gasteiger partial charge is 0.405 e. The summed E-state index contributed by atoms with van der Waals surface area (Å²) in [6.45, 7) is 3.53. The van der Waals surface area contributed by atoms with Crippen molar-refractivity contribution in [2.45, 2.75) is 38.4 Å². The van der Waals surface area contributed by atoms with E-state index in [4.69, 9.17) is 0 Å². The first-order chi connectivity index (χ1) is 11.8. The normalized spacial score (nSPS) is 23.1. The number of hydrogen-bond acceptors (Lipinski definition) is 4. The maximum absolute atomic E-state index is 13.4. The van der Waals surface area contributed by atoms with Crippen molar-refractivity contribution < 1.29 is 18.0 Å². The molecule has 2 heterocycles. The van der Waals surface area contributed by atoms with Crippen LogP contribution in [-0.4, -0.2) is 55.7 Å². The third kappa shape index (κ3) is 4.54. The molecule has 0 bridgehead atoms. The molecule has 2 aliphatic rings. The van der Waals surface area contributed by atoms with Gasteiger partial charge in [-0.3, -0.25) is 9.69 Å². The summed E-state index contributed by atoms with van der Waals surface area (Å²) in [5, 5.41) is 5.56. The van der Waals surface area contributed by atoms with Gasteiger partial charge in [-0.1, -0.05) is 6.92 Å². The van der Waals surface area contributed by atoms with E-state index in [-0.39, 0.29) is 0 Å². The minimum absolute atomic E-state index is 0.339. The number of aryl methyl sites for hydroxylation is 1. The Morgan fingerprint density at radius 1 is 1.44 bits per heavy atom.